The summed E-state index contributed by atoms with van der Waals surface area (Å²) < 4.78 is 54.6. The Kier molecular flexibility index (Phi) is 17.1. The van der Waals surface area contributed by atoms with E-state index in [0.717, 1.165) is 6.92 Å². The summed E-state index contributed by atoms with van der Waals surface area (Å²) in [6, 6.07) is 0. The van der Waals surface area contributed by atoms with E-state index in [1.807, 2.05) is 0 Å². The number of hydrogen-bond acceptors (Lipinski definition) is 27. The number of rotatable bonds is 14. The number of carbonyl (C=O) groups is 1. The molecule has 5 aliphatic rings. The number of ether oxygens (including phenoxy) is 10. The minimum atomic E-state index is -2.13. The molecule has 0 aromatic carbocycles. The molecule has 16 N–H and O–H groups in total. The van der Waals surface area contributed by atoms with Gasteiger partial charge in [0.1, 0.15) is 116 Å². The second kappa shape index (κ2) is 20.8. The lowest BCUT2D eigenvalue weighted by Crippen LogP contribution is -2.68. The van der Waals surface area contributed by atoms with Gasteiger partial charge in [-0.1, -0.05) is 0 Å². The molecule has 0 saturated carbocycles. The summed E-state index contributed by atoms with van der Waals surface area (Å²) in [6.07, 6.45) is -46.0. The van der Waals surface area contributed by atoms with Crippen LogP contribution in [0.2, 0.25) is 0 Å². The van der Waals surface area contributed by atoms with Gasteiger partial charge in [-0.15, -0.1) is 0 Å². The molecule has 0 amide bonds. The Labute approximate surface area is 333 Å². The molecule has 0 aromatic rings. The van der Waals surface area contributed by atoms with Crippen LogP contribution in [-0.2, 0) is 52.2 Å². The Morgan fingerprint density at radius 1 is 0.373 bits per heavy atom. The van der Waals surface area contributed by atoms with Crippen LogP contribution < -0.4 is 0 Å². The lowest BCUT2D eigenvalue weighted by Gasteiger charge is -2.49. The van der Waals surface area contributed by atoms with Gasteiger partial charge in [0.25, 0.3) is 0 Å². The van der Waals surface area contributed by atoms with Crippen LogP contribution in [0.1, 0.15) is 6.92 Å². The molecule has 5 saturated heterocycles. The van der Waals surface area contributed by atoms with Crippen molar-refractivity contribution in [3.8, 4) is 0 Å². The van der Waals surface area contributed by atoms with Crippen molar-refractivity contribution in [2.24, 2.45) is 0 Å². The molecule has 5 fully saturated rings. The molecule has 344 valence electrons. The van der Waals surface area contributed by atoms with E-state index in [9.17, 15) is 86.5 Å². The van der Waals surface area contributed by atoms with Crippen molar-refractivity contribution in [2.45, 2.75) is 160 Å². The normalized spacial score (nSPS) is 51.0. The molecule has 5 aliphatic heterocycles. The second-order valence-electron chi connectivity index (χ2n) is 14.5. The third kappa shape index (κ3) is 10.2. The monoisotopic (exact) mass is 870 g/mol. The largest absolute Gasteiger partial charge is 0.454 e. The molecule has 59 heavy (non-hydrogen) atoms. The lowest BCUT2D eigenvalue weighted by atomic mass is 9.95. The molecule has 0 unspecified atom stereocenters. The van der Waals surface area contributed by atoms with E-state index in [1.165, 1.54) is 0 Å². The first-order valence-electron chi connectivity index (χ1n) is 18.5. The molecule has 5 heterocycles. The van der Waals surface area contributed by atoms with Gasteiger partial charge in [-0.2, -0.15) is 0 Å². The van der Waals surface area contributed by atoms with Crippen molar-refractivity contribution >= 4 is 5.97 Å². The Bertz CT molecular complexity index is 1310. The zero-order valence-corrected chi connectivity index (χ0v) is 31.1. The molecule has 0 radical (unpaired) electrons. The average Bonchev–Trinajstić information content (AvgIpc) is 3.21. The van der Waals surface area contributed by atoms with Crippen LogP contribution in [0.25, 0.3) is 0 Å². The van der Waals surface area contributed by atoms with Crippen molar-refractivity contribution in [1.29, 1.82) is 0 Å². The topological polar surface area (TPSA) is 433 Å². The fourth-order valence-electron chi connectivity index (χ4n) is 7.34. The Morgan fingerprint density at radius 2 is 0.661 bits per heavy atom. The van der Waals surface area contributed by atoms with E-state index < -0.39 is 193 Å². The van der Waals surface area contributed by atoms with E-state index >= 15 is 0 Å². The maximum Gasteiger partial charge on any atom is 0.303 e. The summed E-state index contributed by atoms with van der Waals surface area (Å²) in [6.45, 7) is -3.62. The number of esters is 1. The quantitative estimate of drug-likeness (QED) is 0.0721. The minimum Gasteiger partial charge on any atom is -0.454 e. The highest BCUT2D eigenvalue weighted by molar-refractivity contribution is 5.66. The predicted molar refractivity (Wildman–Crippen MR) is 176 cm³/mol. The molecule has 27 heteroatoms. The number of aliphatic hydroxyl groups excluding tert-OH is 16. The van der Waals surface area contributed by atoms with Crippen LogP contribution in [0.5, 0.6) is 0 Å². The van der Waals surface area contributed by atoms with Gasteiger partial charge in [0.05, 0.1) is 33.0 Å². The molecule has 0 bridgehead atoms. The second-order valence-corrected chi connectivity index (χ2v) is 14.5. The maximum atomic E-state index is 11.7. The standard InChI is InChI=1S/C32H54O27/c1-7(38)50-27-14(40)13(39)8(2-33)52-32(27)59-26-12(6-37)55-31(22(48)18(26)44)58-25-11(5-36)54-30(21(47)17(25)43)57-24-10(4-35)53-29(20(46)16(24)42)56-23-9(3-34)51-28(49)19(45)15(23)41/h8-37,39-49H,2-6H2,1H3/t8-,9-,10-,11-,12-,13-,14+,15-,16-,17-,18-,19-,20-,21-,22-,23-,24-,25-,26-,27-,28+,29-,30-,31-,32-/m1/s1. The Balaban J connectivity index is 1.24. The third-order valence-corrected chi connectivity index (χ3v) is 10.6. The van der Waals surface area contributed by atoms with Crippen molar-refractivity contribution in [3.05, 3.63) is 0 Å². The maximum absolute atomic E-state index is 11.7. The van der Waals surface area contributed by atoms with Gasteiger partial charge in [0.2, 0.25) is 0 Å². The molecule has 0 aliphatic carbocycles. The molecule has 25 atom stereocenters. The van der Waals surface area contributed by atoms with Crippen LogP contribution in [0.15, 0.2) is 0 Å². The zero-order valence-electron chi connectivity index (χ0n) is 31.1. The van der Waals surface area contributed by atoms with Crippen molar-refractivity contribution < 1.29 is 134 Å². The van der Waals surface area contributed by atoms with Crippen LogP contribution in [0.4, 0.5) is 0 Å². The summed E-state index contributed by atoms with van der Waals surface area (Å²) in [5, 5.41) is 167. The molecule has 5 rings (SSSR count). The van der Waals surface area contributed by atoms with Gasteiger partial charge in [0, 0.05) is 6.92 Å². The first-order chi connectivity index (χ1) is 27.9. The van der Waals surface area contributed by atoms with Crippen LogP contribution >= 0.6 is 0 Å². The summed E-state index contributed by atoms with van der Waals surface area (Å²) in [5.74, 6) is -0.947. The predicted octanol–water partition coefficient (Wildman–Crippen LogP) is -11.4. The van der Waals surface area contributed by atoms with E-state index in [-0.39, 0.29) is 0 Å². The van der Waals surface area contributed by atoms with Gasteiger partial charge in [-0.25, -0.2) is 0 Å². The number of aliphatic hydroxyl groups is 16. The van der Waals surface area contributed by atoms with Gasteiger partial charge >= 0.3 is 5.97 Å². The van der Waals surface area contributed by atoms with Crippen molar-refractivity contribution in [2.75, 3.05) is 33.0 Å². The molecule has 0 aromatic heterocycles. The average molecular weight is 871 g/mol. The molecule has 0 spiro atoms. The van der Waals surface area contributed by atoms with Crippen molar-refractivity contribution in [3.63, 3.8) is 0 Å². The van der Waals surface area contributed by atoms with Gasteiger partial charge in [-0.3, -0.25) is 4.79 Å². The summed E-state index contributed by atoms with van der Waals surface area (Å²) in [4.78, 5) is 11.7. The van der Waals surface area contributed by atoms with E-state index in [1.54, 1.807) is 0 Å². The number of hydrogen-bond donors (Lipinski definition) is 16. The van der Waals surface area contributed by atoms with Crippen LogP contribution in [0, 0.1) is 0 Å². The SMILES string of the molecule is CC(=O)O[C@H]1[C@@H](O[C@H]2[C@H](O)[C@@H](O)[C@@H](O[C@H]3[C@H](O)[C@@H](O)[C@@H](O[C@H]4[C@H](O)[C@@H](O)[C@@H](O[C@H]5[C@H](O)[C@@H](O)[C@@H](O)O[C@@H]5CO)O[C@@H]4CO)O[C@@H]3CO)O[C@@H]2CO)O[C@H](CO)[C@@H](O)[C@@H]1O. The third-order valence-electron chi connectivity index (χ3n) is 10.6. The van der Waals surface area contributed by atoms with Crippen molar-refractivity contribution in [1.82, 2.24) is 0 Å². The van der Waals surface area contributed by atoms with Crippen LogP contribution in [0.3, 0.4) is 0 Å². The first-order valence-corrected chi connectivity index (χ1v) is 18.5. The van der Waals surface area contributed by atoms with E-state index in [0.29, 0.717) is 0 Å². The van der Waals surface area contributed by atoms with Crippen LogP contribution in [-0.4, -0.2) is 274 Å². The summed E-state index contributed by atoms with van der Waals surface area (Å²) in [5.41, 5.74) is 0. The molecular formula is C32H54O27. The Morgan fingerprint density at radius 3 is 1.00 bits per heavy atom. The summed E-state index contributed by atoms with van der Waals surface area (Å²) >= 11 is 0. The number of carbonyl (C=O) groups excluding carboxylic acids is 1. The highest BCUT2D eigenvalue weighted by Crippen LogP contribution is 2.35. The molecule has 27 nitrogen and oxygen atoms in total. The Hall–Kier alpha value is -1.53. The molecular weight excluding hydrogens is 816 g/mol. The smallest absolute Gasteiger partial charge is 0.303 e. The van der Waals surface area contributed by atoms with Gasteiger partial charge in [0.15, 0.2) is 37.6 Å². The minimum absolute atomic E-state index is 0.838. The fraction of sp³-hybridized carbons (Fsp3) is 0.969. The summed E-state index contributed by atoms with van der Waals surface area (Å²) in [7, 11) is 0. The lowest BCUT2D eigenvalue weighted by molar-refractivity contribution is -0.392. The van der Waals surface area contributed by atoms with E-state index in [2.05, 4.69) is 0 Å². The van der Waals surface area contributed by atoms with E-state index in [4.69, 9.17) is 47.4 Å². The van der Waals surface area contributed by atoms with Gasteiger partial charge in [-0.05, 0) is 0 Å². The fourth-order valence-corrected chi connectivity index (χ4v) is 7.34. The zero-order chi connectivity index (χ0) is 43.6. The highest BCUT2D eigenvalue weighted by Gasteiger charge is 2.56. The highest BCUT2D eigenvalue weighted by atomic mass is 16.8. The van der Waals surface area contributed by atoms with Gasteiger partial charge < -0.3 is 129 Å². The first kappa shape index (κ1) is 48.5.